The van der Waals surface area contributed by atoms with Crippen molar-refractivity contribution in [1.29, 1.82) is 0 Å². The molecule has 5 nitrogen and oxygen atoms in total. The van der Waals surface area contributed by atoms with Gasteiger partial charge in [-0.2, -0.15) is 9.59 Å². The van der Waals surface area contributed by atoms with Gasteiger partial charge >= 0.3 is 6.15 Å². The summed E-state index contributed by atoms with van der Waals surface area (Å²) in [6, 6.07) is 15.9. The predicted molar refractivity (Wildman–Crippen MR) is 137 cm³/mol. The number of aromatic hydroxyl groups is 1. The average Bonchev–Trinajstić information content (AvgIpc) is 3.15. The summed E-state index contributed by atoms with van der Waals surface area (Å²) in [4.78, 5) is 34.3. The molecule has 0 saturated heterocycles. The molecule has 0 bridgehead atoms. The molecule has 0 aliphatic rings. The van der Waals surface area contributed by atoms with Gasteiger partial charge in [-0.25, -0.2) is 0 Å². The molecule has 0 aliphatic carbocycles. The minimum Gasteiger partial charge on any atom is -0.506 e. The summed E-state index contributed by atoms with van der Waals surface area (Å²) in [5.41, 5.74) is 5.58. The zero-order chi connectivity index (χ0) is 25.5. The van der Waals surface area contributed by atoms with Gasteiger partial charge in [0.1, 0.15) is 12.3 Å². The van der Waals surface area contributed by atoms with E-state index >= 15 is 0 Å². The van der Waals surface area contributed by atoms with Gasteiger partial charge in [0.25, 0.3) is 0 Å². The van der Waals surface area contributed by atoms with Crippen LogP contribution in [0.15, 0.2) is 58.9 Å². The molecule has 0 spiro atoms. The first-order valence-corrected chi connectivity index (χ1v) is 11.9. The average molecular weight is 478 g/mol. The highest BCUT2D eigenvalue weighted by Gasteiger charge is 2.20. The van der Waals surface area contributed by atoms with Crippen LogP contribution in [0.1, 0.15) is 61.7 Å². The van der Waals surface area contributed by atoms with Crippen LogP contribution in [-0.2, 0) is 15.0 Å². The van der Waals surface area contributed by atoms with Gasteiger partial charge < -0.3 is 5.11 Å². The minimum absolute atomic E-state index is 0.0224. The van der Waals surface area contributed by atoms with Crippen molar-refractivity contribution in [2.24, 2.45) is 10.9 Å². The van der Waals surface area contributed by atoms with Crippen LogP contribution in [0.3, 0.4) is 0 Å². The third-order valence-electron chi connectivity index (χ3n) is 5.37. The van der Waals surface area contributed by atoms with E-state index in [0.29, 0.717) is 11.1 Å². The molecule has 1 aromatic heterocycles. The Balaban J connectivity index is 0.00000129. The smallest absolute Gasteiger partial charge is 0.373 e. The monoisotopic (exact) mass is 477 g/mol. The second-order valence-corrected chi connectivity index (χ2v) is 10.3. The first-order valence-electron chi connectivity index (χ1n) is 11.0. The maximum absolute atomic E-state index is 12.6. The van der Waals surface area contributed by atoms with Gasteiger partial charge in [0.05, 0.1) is 4.88 Å². The maximum atomic E-state index is 12.6. The normalized spacial score (nSPS) is 11.6. The third-order valence-corrected chi connectivity index (χ3v) is 6.39. The molecule has 178 valence electrons. The second-order valence-electron chi connectivity index (χ2n) is 9.38. The molecule has 0 fully saturated rings. The Morgan fingerprint density at radius 2 is 1.59 bits per heavy atom. The lowest BCUT2D eigenvalue weighted by Crippen LogP contribution is -2.13. The highest BCUT2D eigenvalue weighted by atomic mass is 32.1. The number of aliphatic imine (C=N–C) groups is 1. The van der Waals surface area contributed by atoms with Crippen LogP contribution in [0.2, 0.25) is 0 Å². The number of ketones is 1. The molecule has 3 rings (SSSR count). The second kappa shape index (κ2) is 11.7. The fraction of sp³-hybridized carbons (Fsp3) is 0.321. The van der Waals surface area contributed by atoms with Gasteiger partial charge in [-0.15, -0.1) is 11.3 Å². The van der Waals surface area contributed by atoms with Gasteiger partial charge in [0.15, 0.2) is 5.78 Å². The van der Waals surface area contributed by atoms with Crippen molar-refractivity contribution >= 4 is 29.0 Å². The zero-order valence-electron chi connectivity index (χ0n) is 20.5. The summed E-state index contributed by atoms with van der Waals surface area (Å²) in [5.74, 6) is 0.303. The van der Waals surface area contributed by atoms with E-state index < -0.39 is 0 Å². The zero-order valence-corrected chi connectivity index (χ0v) is 21.3. The van der Waals surface area contributed by atoms with E-state index in [1.807, 2.05) is 50.4 Å². The number of hydrogen-bond donors (Lipinski definition) is 1. The van der Waals surface area contributed by atoms with Crippen molar-refractivity contribution in [2.45, 2.75) is 47.0 Å². The molecule has 34 heavy (non-hydrogen) atoms. The fourth-order valence-corrected chi connectivity index (χ4v) is 4.39. The number of hydrogen-bond acceptors (Lipinski definition) is 6. The summed E-state index contributed by atoms with van der Waals surface area (Å²) in [5, 5.41) is 12.9. The predicted octanol–water partition coefficient (Wildman–Crippen LogP) is 6.47. The van der Waals surface area contributed by atoms with Crippen LogP contribution in [0.25, 0.3) is 10.4 Å². The van der Waals surface area contributed by atoms with E-state index in [4.69, 9.17) is 9.59 Å². The van der Waals surface area contributed by atoms with Gasteiger partial charge in [0.2, 0.25) is 0 Å². The van der Waals surface area contributed by atoms with Crippen LogP contribution < -0.4 is 0 Å². The highest BCUT2D eigenvalue weighted by molar-refractivity contribution is 7.14. The van der Waals surface area contributed by atoms with Gasteiger partial charge in [0, 0.05) is 22.2 Å². The Bertz CT molecular complexity index is 1170. The standard InChI is InChI=1S/C27H31NO2S.CO2/c1-17(2)24(28-15-23(29)19-9-7-18(3)8-10-19)22-16-31-26(25(22)30)20-11-13-21(14-12-20)27(4,5)6;2-1-3/h7-14,16-17,30H,15H2,1-6H3;. The molecule has 0 amide bonds. The summed E-state index contributed by atoms with van der Waals surface area (Å²) >= 11 is 1.50. The molecule has 0 radical (unpaired) electrons. The Morgan fingerprint density at radius 1 is 1.03 bits per heavy atom. The molecular formula is C28H31NO4S. The summed E-state index contributed by atoms with van der Waals surface area (Å²) in [6.45, 7) is 12.7. The fourth-order valence-electron chi connectivity index (χ4n) is 3.43. The van der Waals surface area contributed by atoms with Crippen molar-refractivity contribution in [1.82, 2.24) is 0 Å². The Hall–Kier alpha value is -3.34. The number of carbonyl (C=O) groups excluding carboxylic acids is 3. The first kappa shape index (κ1) is 26.9. The molecule has 0 atom stereocenters. The molecular weight excluding hydrogens is 446 g/mol. The van der Waals surface area contributed by atoms with E-state index in [1.165, 1.54) is 16.9 Å². The number of carbonyl (C=O) groups is 1. The molecule has 3 aromatic rings. The van der Waals surface area contributed by atoms with E-state index in [9.17, 15) is 9.90 Å². The van der Waals surface area contributed by atoms with E-state index in [1.54, 1.807) is 0 Å². The largest absolute Gasteiger partial charge is 0.506 e. The van der Waals surface area contributed by atoms with Crippen LogP contribution >= 0.6 is 11.3 Å². The van der Waals surface area contributed by atoms with Gasteiger partial charge in [-0.05, 0) is 29.4 Å². The van der Waals surface area contributed by atoms with E-state index in [2.05, 4.69) is 50.0 Å². The Morgan fingerprint density at radius 3 is 2.09 bits per heavy atom. The Kier molecular flexibility index (Phi) is 9.25. The Labute approximate surface area is 205 Å². The van der Waals surface area contributed by atoms with Crippen LogP contribution in [0.4, 0.5) is 0 Å². The van der Waals surface area contributed by atoms with Crippen molar-refractivity contribution in [2.75, 3.05) is 6.54 Å². The summed E-state index contributed by atoms with van der Waals surface area (Å²) in [7, 11) is 0. The van der Waals surface area contributed by atoms with E-state index in [0.717, 1.165) is 21.7 Å². The molecule has 2 aromatic carbocycles. The molecule has 6 heteroatoms. The van der Waals surface area contributed by atoms with Crippen molar-refractivity contribution in [3.8, 4) is 16.2 Å². The molecule has 0 unspecified atom stereocenters. The topological polar surface area (TPSA) is 83.8 Å². The number of nitrogens with zero attached hydrogens (tertiary/aromatic N) is 1. The molecule has 1 N–H and O–H groups in total. The number of benzene rings is 2. The van der Waals surface area contributed by atoms with Crippen LogP contribution in [-0.4, -0.2) is 29.3 Å². The third kappa shape index (κ3) is 6.83. The number of Topliss-reactive ketones (excluding diaryl/α,β-unsaturated/α-hetero) is 1. The quantitative estimate of drug-likeness (QED) is 0.326. The SMILES string of the molecule is Cc1ccc(C(=O)CN=C(c2csc(-c3ccc(C(C)(C)C)cc3)c2O)C(C)C)cc1.O=C=O. The van der Waals surface area contributed by atoms with Crippen molar-refractivity contribution in [3.05, 3.63) is 76.2 Å². The number of rotatable bonds is 6. The van der Waals surface area contributed by atoms with Crippen LogP contribution in [0.5, 0.6) is 5.75 Å². The molecule has 0 saturated carbocycles. The number of aryl methyl sites for hydroxylation is 1. The van der Waals surface area contributed by atoms with E-state index in [-0.39, 0.29) is 35.6 Å². The van der Waals surface area contributed by atoms with Crippen molar-refractivity contribution in [3.63, 3.8) is 0 Å². The lowest BCUT2D eigenvalue weighted by Gasteiger charge is -2.19. The highest BCUT2D eigenvalue weighted by Crippen LogP contribution is 2.40. The maximum Gasteiger partial charge on any atom is 0.373 e. The summed E-state index contributed by atoms with van der Waals surface area (Å²) in [6.07, 6.45) is 0.250. The number of thiophene rings is 1. The van der Waals surface area contributed by atoms with Crippen LogP contribution in [0, 0.1) is 12.8 Å². The lowest BCUT2D eigenvalue weighted by atomic mass is 9.86. The van der Waals surface area contributed by atoms with Crippen molar-refractivity contribution < 1.29 is 19.5 Å². The molecule has 1 heterocycles. The first-order chi connectivity index (χ1) is 16.0. The lowest BCUT2D eigenvalue weighted by molar-refractivity contribution is -0.191. The van der Waals surface area contributed by atoms with Gasteiger partial charge in [-0.1, -0.05) is 88.7 Å². The summed E-state index contributed by atoms with van der Waals surface area (Å²) < 4.78 is 0. The van der Waals surface area contributed by atoms with Gasteiger partial charge in [-0.3, -0.25) is 9.79 Å². The minimum atomic E-state index is -0.0224. The molecule has 0 aliphatic heterocycles.